The molecule has 0 aromatic carbocycles. The smallest absolute Gasteiger partial charge is 0.147 e. The molecule has 2 N–H and O–H groups in total. The minimum absolute atomic E-state index is 0.0360. The number of hydrogen-bond acceptors (Lipinski definition) is 4. The molecule has 0 radical (unpaired) electrons. The zero-order valence-corrected chi connectivity index (χ0v) is 9.64. The molecule has 4 nitrogen and oxygen atoms in total. The average molecular weight is 221 g/mol. The van der Waals surface area contributed by atoms with Crippen molar-refractivity contribution in [1.82, 2.24) is 0 Å². The Bertz CT molecular complexity index is 270. The van der Waals surface area contributed by atoms with Gasteiger partial charge in [0.15, 0.2) is 0 Å². The van der Waals surface area contributed by atoms with E-state index >= 15 is 0 Å². The second-order valence-electron chi connectivity index (χ2n) is 3.79. The van der Waals surface area contributed by atoms with Crippen molar-refractivity contribution in [3.05, 3.63) is 0 Å². The first-order chi connectivity index (χ1) is 6.31. The molecule has 0 fully saturated rings. The molecular weight excluding hydrogens is 202 g/mol. The third kappa shape index (κ3) is 9.67. The Kier molecular flexibility index (Phi) is 5.95. The van der Waals surface area contributed by atoms with Gasteiger partial charge in [0.05, 0.1) is 5.75 Å². The van der Waals surface area contributed by atoms with Crippen molar-refractivity contribution in [2.75, 3.05) is 12.0 Å². The van der Waals surface area contributed by atoms with Gasteiger partial charge in [0, 0.05) is 25.1 Å². The van der Waals surface area contributed by atoms with Gasteiger partial charge in [0.1, 0.15) is 15.6 Å². The highest BCUT2D eigenvalue weighted by Gasteiger charge is 2.06. The minimum Gasteiger partial charge on any atom is -0.328 e. The monoisotopic (exact) mass is 221 g/mol. The van der Waals surface area contributed by atoms with Crippen molar-refractivity contribution < 1.29 is 13.2 Å². The third-order valence-corrected chi connectivity index (χ3v) is 2.88. The van der Waals surface area contributed by atoms with Crippen LogP contribution in [0.5, 0.6) is 0 Å². The first-order valence-corrected chi connectivity index (χ1v) is 6.82. The molecule has 1 unspecified atom stereocenters. The zero-order valence-electron chi connectivity index (χ0n) is 8.82. The largest absolute Gasteiger partial charge is 0.328 e. The van der Waals surface area contributed by atoms with Gasteiger partial charge in [-0.1, -0.05) is 0 Å². The number of carbonyl (C=O) groups excluding carboxylic acids is 1. The van der Waals surface area contributed by atoms with Gasteiger partial charge in [-0.05, 0) is 19.8 Å². The van der Waals surface area contributed by atoms with Crippen LogP contribution in [0, 0.1) is 0 Å². The van der Waals surface area contributed by atoms with Gasteiger partial charge in [-0.25, -0.2) is 8.42 Å². The fourth-order valence-electron chi connectivity index (χ4n) is 1.05. The van der Waals surface area contributed by atoms with Crippen LogP contribution in [-0.4, -0.2) is 32.3 Å². The third-order valence-electron chi connectivity index (χ3n) is 1.85. The van der Waals surface area contributed by atoms with Crippen molar-refractivity contribution in [2.24, 2.45) is 5.73 Å². The molecule has 0 heterocycles. The van der Waals surface area contributed by atoms with Gasteiger partial charge >= 0.3 is 0 Å². The second-order valence-corrected chi connectivity index (χ2v) is 6.05. The lowest BCUT2D eigenvalue weighted by Gasteiger charge is -2.03. The number of sulfone groups is 1. The number of Topliss-reactive ketones (excluding diaryl/α,β-unsaturated/α-hetero) is 1. The van der Waals surface area contributed by atoms with Crippen molar-refractivity contribution in [1.29, 1.82) is 0 Å². The van der Waals surface area contributed by atoms with Gasteiger partial charge < -0.3 is 5.73 Å². The Labute approximate surface area is 85.8 Å². The normalized spacial score (nSPS) is 13.9. The Morgan fingerprint density at radius 2 is 1.93 bits per heavy atom. The highest BCUT2D eigenvalue weighted by Crippen LogP contribution is 2.02. The topological polar surface area (TPSA) is 77.2 Å². The summed E-state index contributed by atoms with van der Waals surface area (Å²) in [6.45, 7) is 1.85. The molecule has 0 aromatic rings. The summed E-state index contributed by atoms with van der Waals surface area (Å²) in [7, 11) is -2.93. The Morgan fingerprint density at radius 1 is 1.36 bits per heavy atom. The highest BCUT2D eigenvalue weighted by molar-refractivity contribution is 7.90. The Morgan fingerprint density at radius 3 is 2.36 bits per heavy atom. The highest BCUT2D eigenvalue weighted by atomic mass is 32.2. The average Bonchev–Trinajstić information content (AvgIpc) is 1.98. The van der Waals surface area contributed by atoms with E-state index in [0.29, 0.717) is 25.7 Å². The number of nitrogens with two attached hydrogens (primary N) is 1. The molecule has 0 saturated heterocycles. The maximum atomic E-state index is 11.2. The fourth-order valence-corrected chi connectivity index (χ4v) is 1.71. The molecule has 5 heteroatoms. The summed E-state index contributed by atoms with van der Waals surface area (Å²) < 4.78 is 21.5. The second kappa shape index (κ2) is 6.14. The van der Waals surface area contributed by atoms with Crippen LogP contribution < -0.4 is 5.73 Å². The lowest BCUT2D eigenvalue weighted by atomic mass is 10.1. The van der Waals surface area contributed by atoms with Gasteiger partial charge in [0.2, 0.25) is 0 Å². The van der Waals surface area contributed by atoms with E-state index in [2.05, 4.69) is 0 Å². The van der Waals surface area contributed by atoms with Crippen molar-refractivity contribution >= 4 is 15.6 Å². The number of ketones is 1. The Balaban J connectivity index is 3.55. The standard InChI is InChI=1S/C9H19NO3S/c1-8(10)5-6-9(11)4-3-7-14(2,12)13/h8H,3-7,10H2,1-2H3. The molecule has 84 valence electrons. The number of hydrogen-bond donors (Lipinski definition) is 1. The molecule has 1 atom stereocenters. The van der Waals surface area contributed by atoms with Crippen LogP contribution in [0.25, 0.3) is 0 Å². The SMILES string of the molecule is CC(N)CCC(=O)CCCS(C)(=O)=O. The maximum absolute atomic E-state index is 11.2. The molecule has 0 saturated carbocycles. The van der Waals surface area contributed by atoms with E-state index in [1.54, 1.807) is 0 Å². The summed E-state index contributed by atoms with van der Waals surface area (Å²) in [5, 5.41) is 0. The lowest BCUT2D eigenvalue weighted by molar-refractivity contribution is -0.119. The van der Waals surface area contributed by atoms with Crippen LogP contribution in [0.2, 0.25) is 0 Å². The minimum atomic E-state index is -2.93. The predicted molar refractivity (Wildman–Crippen MR) is 56.8 cm³/mol. The van der Waals surface area contributed by atoms with E-state index < -0.39 is 9.84 Å². The van der Waals surface area contributed by atoms with E-state index in [0.717, 1.165) is 0 Å². The van der Waals surface area contributed by atoms with Gasteiger partial charge in [-0.15, -0.1) is 0 Å². The van der Waals surface area contributed by atoms with Crippen LogP contribution >= 0.6 is 0 Å². The Hall–Kier alpha value is -0.420. The van der Waals surface area contributed by atoms with Gasteiger partial charge in [-0.2, -0.15) is 0 Å². The summed E-state index contributed by atoms with van der Waals surface area (Å²) >= 11 is 0. The van der Waals surface area contributed by atoms with E-state index in [-0.39, 0.29) is 17.6 Å². The van der Waals surface area contributed by atoms with Crippen LogP contribution in [0.15, 0.2) is 0 Å². The molecule has 0 aliphatic carbocycles. The summed E-state index contributed by atoms with van der Waals surface area (Å²) in [5.41, 5.74) is 5.49. The fraction of sp³-hybridized carbons (Fsp3) is 0.889. The number of rotatable bonds is 7. The van der Waals surface area contributed by atoms with Crippen molar-refractivity contribution in [3.8, 4) is 0 Å². The molecule has 0 aliphatic heterocycles. The van der Waals surface area contributed by atoms with Gasteiger partial charge in [0.25, 0.3) is 0 Å². The summed E-state index contributed by atoms with van der Waals surface area (Å²) in [6, 6.07) is 0.0360. The molecule has 0 rings (SSSR count). The molecule has 0 spiro atoms. The van der Waals surface area contributed by atoms with Crippen LogP contribution in [-0.2, 0) is 14.6 Å². The van der Waals surface area contributed by atoms with Crippen molar-refractivity contribution in [3.63, 3.8) is 0 Å². The van der Waals surface area contributed by atoms with E-state index in [1.807, 2.05) is 6.92 Å². The molecule has 0 aliphatic rings. The van der Waals surface area contributed by atoms with Gasteiger partial charge in [-0.3, -0.25) is 4.79 Å². The molecule has 0 aromatic heterocycles. The summed E-state index contributed by atoms with van der Waals surface area (Å²) in [4.78, 5) is 11.2. The quantitative estimate of drug-likeness (QED) is 0.679. The molecule has 0 bridgehead atoms. The predicted octanol–water partition coefficient (Wildman–Crippen LogP) is 0.508. The number of carbonyl (C=O) groups is 1. The zero-order chi connectivity index (χ0) is 11.2. The van der Waals surface area contributed by atoms with E-state index in [4.69, 9.17) is 5.73 Å². The van der Waals surface area contributed by atoms with E-state index in [9.17, 15) is 13.2 Å². The van der Waals surface area contributed by atoms with E-state index in [1.165, 1.54) is 6.26 Å². The first kappa shape index (κ1) is 13.6. The summed E-state index contributed by atoms with van der Waals surface area (Å²) in [5.74, 6) is 0.197. The lowest BCUT2D eigenvalue weighted by Crippen LogP contribution is -2.16. The summed E-state index contributed by atoms with van der Waals surface area (Å²) in [6.07, 6.45) is 3.09. The molecule has 14 heavy (non-hydrogen) atoms. The van der Waals surface area contributed by atoms with Crippen LogP contribution in [0.1, 0.15) is 32.6 Å². The molecular formula is C9H19NO3S. The van der Waals surface area contributed by atoms with Crippen molar-refractivity contribution in [2.45, 2.75) is 38.6 Å². The maximum Gasteiger partial charge on any atom is 0.147 e. The van der Waals surface area contributed by atoms with Crippen LogP contribution in [0.3, 0.4) is 0 Å². The first-order valence-electron chi connectivity index (χ1n) is 4.76. The molecule has 0 amide bonds. The van der Waals surface area contributed by atoms with Crippen LogP contribution in [0.4, 0.5) is 0 Å².